The molecular formula is C17H18F3N3O3. The number of aromatic nitrogens is 2. The molecule has 26 heavy (non-hydrogen) atoms. The number of furan rings is 1. The first kappa shape index (κ1) is 19.5. The number of anilines is 1. The molecular weight excluding hydrogens is 351 g/mol. The van der Waals surface area contributed by atoms with Gasteiger partial charge in [-0.15, -0.1) is 0 Å². The molecule has 9 heteroatoms. The molecule has 0 aliphatic carbocycles. The Balaban J connectivity index is 0.000000552. The quantitative estimate of drug-likeness (QED) is 0.592. The molecule has 0 unspecified atom stereocenters. The first-order valence-electron chi connectivity index (χ1n) is 8.00. The number of halogens is 3. The molecule has 2 aromatic heterocycles. The van der Waals surface area contributed by atoms with Gasteiger partial charge in [-0.25, -0.2) is 18.7 Å². The van der Waals surface area contributed by atoms with Crippen LogP contribution in [0.2, 0.25) is 0 Å². The van der Waals surface area contributed by atoms with Crippen LogP contribution in [0, 0.1) is 0 Å². The zero-order valence-corrected chi connectivity index (χ0v) is 14.3. The number of carbonyl (C=O) groups is 1. The monoisotopic (exact) mass is 369 g/mol. The summed E-state index contributed by atoms with van der Waals surface area (Å²) in [6, 6.07) is 7.31. The molecule has 6 nitrogen and oxygen atoms in total. The summed E-state index contributed by atoms with van der Waals surface area (Å²) in [4.78, 5) is 21.0. The molecule has 3 rings (SSSR count). The standard InChI is InChI=1S/C16H17F2N3O.CHFO2/c1-3-9-21(4-2)16-13-12(19-15(20-16)14(17)18)10-7-5-6-8-11(10)22-13;2-4-1-3/h5-8,14H,3-4,9H2,1-2H3;1H. The van der Waals surface area contributed by atoms with E-state index in [-0.39, 0.29) is 6.47 Å². The number of rotatable bonds is 6. The summed E-state index contributed by atoms with van der Waals surface area (Å²) >= 11 is 0. The van der Waals surface area contributed by atoms with Crippen molar-refractivity contribution >= 4 is 34.4 Å². The lowest BCUT2D eigenvalue weighted by molar-refractivity contribution is -0.165. The summed E-state index contributed by atoms with van der Waals surface area (Å²) in [5, 5.41) is 0.732. The Labute approximate surface area is 147 Å². The second kappa shape index (κ2) is 9.02. The van der Waals surface area contributed by atoms with E-state index < -0.39 is 12.2 Å². The summed E-state index contributed by atoms with van der Waals surface area (Å²) in [5.74, 6) is -0.00976. The van der Waals surface area contributed by atoms with Crippen molar-refractivity contribution in [3.05, 3.63) is 30.1 Å². The lowest BCUT2D eigenvalue weighted by Gasteiger charge is -2.21. The molecule has 0 atom stereocenters. The fourth-order valence-corrected chi connectivity index (χ4v) is 2.59. The fourth-order valence-electron chi connectivity index (χ4n) is 2.59. The van der Waals surface area contributed by atoms with Gasteiger partial charge in [-0.05, 0) is 25.5 Å². The average Bonchev–Trinajstić information content (AvgIpc) is 3.04. The Bertz CT molecular complexity index is 870. The Hall–Kier alpha value is -2.84. The third-order valence-electron chi connectivity index (χ3n) is 3.63. The lowest BCUT2D eigenvalue weighted by Crippen LogP contribution is -2.25. The van der Waals surface area contributed by atoms with Gasteiger partial charge in [0.15, 0.2) is 17.2 Å². The SMILES string of the molecule is CCCN(CC)c1nc(C(F)F)nc2c1oc1ccccc12.O=COF. The first-order valence-corrected chi connectivity index (χ1v) is 8.00. The van der Waals surface area contributed by atoms with Crippen molar-refractivity contribution in [2.24, 2.45) is 0 Å². The predicted molar refractivity (Wildman–Crippen MR) is 90.7 cm³/mol. The number of hydrogen-bond acceptors (Lipinski definition) is 6. The number of alkyl halides is 2. The van der Waals surface area contributed by atoms with Crippen molar-refractivity contribution in [2.75, 3.05) is 18.0 Å². The minimum Gasteiger partial charge on any atom is -0.450 e. The Morgan fingerprint density at radius 1 is 1.27 bits per heavy atom. The number of para-hydroxylation sites is 1. The van der Waals surface area contributed by atoms with Crippen LogP contribution in [-0.4, -0.2) is 29.5 Å². The molecule has 140 valence electrons. The number of nitrogens with zero attached hydrogens (tertiary/aromatic N) is 3. The van der Waals surface area contributed by atoms with Crippen molar-refractivity contribution in [3.63, 3.8) is 0 Å². The first-order chi connectivity index (χ1) is 12.6. The van der Waals surface area contributed by atoms with E-state index >= 15 is 0 Å². The molecule has 0 bridgehead atoms. The molecule has 0 amide bonds. The Morgan fingerprint density at radius 3 is 2.54 bits per heavy atom. The van der Waals surface area contributed by atoms with Gasteiger partial charge in [0.1, 0.15) is 11.1 Å². The van der Waals surface area contributed by atoms with Gasteiger partial charge in [-0.1, -0.05) is 19.1 Å². The maximum absolute atomic E-state index is 13.2. The lowest BCUT2D eigenvalue weighted by atomic mass is 10.2. The van der Waals surface area contributed by atoms with Crippen LogP contribution >= 0.6 is 0 Å². The maximum Gasteiger partial charge on any atom is 0.337 e. The third-order valence-corrected chi connectivity index (χ3v) is 3.63. The van der Waals surface area contributed by atoms with E-state index in [1.807, 2.05) is 36.9 Å². The minimum absolute atomic E-state index is 0.292. The van der Waals surface area contributed by atoms with Gasteiger partial charge in [0.25, 0.3) is 6.43 Å². The van der Waals surface area contributed by atoms with Crippen LogP contribution < -0.4 is 4.90 Å². The Kier molecular flexibility index (Phi) is 6.76. The van der Waals surface area contributed by atoms with Crippen LogP contribution in [0.15, 0.2) is 28.7 Å². The summed E-state index contributed by atoms with van der Waals surface area (Å²) in [6.07, 6.45) is -1.82. The van der Waals surface area contributed by atoms with Gasteiger partial charge in [0, 0.05) is 23.0 Å². The third kappa shape index (κ3) is 4.04. The van der Waals surface area contributed by atoms with Gasteiger partial charge in [-0.2, -0.15) is 0 Å². The highest BCUT2D eigenvalue weighted by atomic mass is 19.3. The van der Waals surface area contributed by atoms with Crippen LogP contribution in [0.5, 0.6) is 0 Å². The summed E-state index contributed by atoms with van der Waals surface area (Å²) < 4.78 is 42.0. The summed E-state index contributed by atoms with van der Waals surface area (Å²) in [6.45, 7) is 5.10. The van der Waals surface area contributed by atoms with Crippen molar-refractivity contribution in [3.8, 4) is 0 Å². The van der Waals surface area contributed by atoms with Crippen LogP contribution in [0.1, 0.15) is 32.5 Å². The summed E-state index contributed by atoms with van der Waals surface area (Å²) in [5.41, 5.74) is 1.55. The molecule has 0 spiro atoms. The number of carbonyl (C=O) groups excluding carboxylic acids is 1. The van der Waals surface area contributed by atoms with Gasteiger partial charge in [0.2, 0.25) is 0 Å². The van der Waals surface area contributed by atoms with Crippen molar-refractivity contribution in [1.82, 2.24) is 9.97 Å². The van der Waals surface area contributed by atoms with Crippen LogP contribution in [-0.2, 0) is 9.74 Å². The fraction of sp³-hybridized carbons (Fsp3) is 0.353. The van der Waals surface area contributed by atoms with Gasteiger partial charge < -0.3 is 9.32 Å². The van der Waals surface area contributed by atoms with E-state index in [0.717, 1.165) is 18.4 Å². The molecule has 0 saturated heterocycles. The smallest absolute Gasteiger partial charge is 0.337 e. The topological polar surface area (TPSA) is 68.5 Å². The molecule has 0 aliphatic heterocycles. The second-order valence-electron chi connectivity index (χ2n) is 5.25. The van der Waals surface area contributed by atoms with E-state index in [9.17, 15) is 13.3 Å². The second-order valence-corrected chi connectivity index (χ2v) is 5.25. The number of hydrogen-bond donors (Lipinski definition) is 0. The molecule has 3 aromatic rings. The number of benzene rings is 1. The van der Waals surface area contributed by atoms with Crippen molar-refractivity contribution < 1.29 is 27.5 Å². The molecule has 2 heterocycles. The minimum atomic E-state index is -2.71. The zero-order chi connectivity index (χ0) is 19.1. The van der Waals surface area contributed by atoms with Crippen molar-refractivity contribution in [1.29, 1.82) is 0 Å². The zero-order valence-electron chi connectivity index (χ0n) is 14.3. The normalized spacial score (nSPS) is 10.7. The molecule has 1 aromatic carbocycles. The molecule has 0 N–H and O–H groups in total. The van der Waals surface area contributed by atoms with Crippen molar-refractivity contribution in [2.45, 2.75) is 26.7 Å². The van der Waals surface area contributed by atoms with E-state index in [4.69, 9.17) is 9.21 Å². The molecule has 0 radical (unpaired) electrons. The molecule has 0 aliphatic rings. The van der Waals surface area contributed by atoms with Crippen LogP contribution in [0.25, 0.3) is 22.1 Å². The highest BCUT2D eigenvalue weighted by Gasteiger charge is 2.22. The van der Waals surface area contributed by atoms with Gasteiger partial charge in [-0.3, -0.25) is 9.74 Å². The van der Waals surface area contributed by atoms with Crippen LogP contribution in [0.4, 0.5) is 19.1 Å². The van der Waals surface area contributed by atoms with Gasteiger partial charge >= 0.3 is 6.47 Å². The maximum atomic E-state index is 13.2. The average molecular weight is 369 g/mol. The van der Waals surface area contributed by atoms with E-state index in [1.54, 1.807) is 6.07 Å². The van der Waals surface area contributed by atoms with Gasteiger partial charge in [0.05, 0.1) is 0 Å². The van der Waals surface area contributed by atoms with E-state index in [1.165, 1.54) is 0 Å². The highest BCUT2D eigenvalue weighted by molar-refractivity contribution is 6.05. The molecule has 0 saturated carbocycles. The largest absolute Gasteiger partial charge is 0.450 e. The number of fused-ring (bicyclic) bond motifs is 3. The van der Waals surface area contributed by atoms with Crippen LogP contribution in [0.3, 0.4) is 0 Å². The van der Waals surface area contributed by atoms with E-state index in [2.05, 4.69) is 14.9 Å². The highest BCUT2D eigenvalue weighted by Crippen LogP contribution is 2.34. The Morgan fingerprint density at radius 2 is 1.96 bits per heavy atom. The predicted octanol–water partition coefficient (Wildman–Crippen LogP) is 4.59. The molecule has 0 fully saturated rings. The van der Waals surface area contributed by atoms with E-state index in [0.29, 0.717) is 29.0 Å². The summed E-state index contributed by atoms with van der Waals surface area (Å²) in [7, 11) is 0.